The van der Waals surface area contributed by atoms with Crippen LogP contribution < -0.4 is 10.9 Å². The molecule has 0 aliphatic carbocycles. The Morgan fingerprint density at radius 3 is 2.06 bits per heavy atom. The van der Waals surface area contributed by atoms with E-state index < -0.39 is 20.9 Å². The van der Waals surface area contributed by atoms with Crippen LogP contribution in [0.4, 0.5) is 5.69 Å². The SMILES string of the molecule is Cc1ccc(S(=O)(=O)N=C(NNC(=O)c2ccc([N+](=O)[O-])cc2)c2ccccc2)cc1. The molecule has 0 spiro atoms. The van der Waals surface area contributed by atoms with E-state index in [9.17, 15) is 23.3 Å². The lowest BCUT2D eigenvalue weighted by Crippen LogP contribution is -2.42. The normalized spacial score (nSPS) is 11.6. The summed E-state index contributed by atoms with van der Waals surface area (Å²) in [6, 6.07) is 19.6. The van der Waals surface area contributed by atoms with Gasteiger partial charge in [-0.2, -0.15) is 8.42 Å². The van der Waals surface area contributed by atoms with Crippen molar-refractivity contribution in [1.29, 1.82) is 0 Å². The Morgan fingerprint density at radius 1 is 0.871 bits per heavy atom. The number of amides is 1. The first kappa shape index (κ1) is 21.7. The summed E-state index contributed by atoms with van der Waals surface area (Å²) in [5.74, 6) is -0.706. The molecule has 0 aromatic heterocycles. The molecule has 31 heavy (non-hydrogen) atoms. The van der Waals surface area contributed by atoms with Crippen molar-refractivity contribution in [3.05, 3.63) is 106 Å². The van der Waals surface area contributed by atoms with E-state index in [4.69, 9.17) is 0 Å². The van der Waals surface area contributed by atoms with Gasteiger partial charge in [-0.1, -0.05) is 48.0 Å². The van der Waals surface area contributed by atoms with Crippen LogP contribution in [0.25, 0.3) is 0 Å². The topological polar surface area (TPSA) is 131 Å². The first-order chi connectivity index (χ1) is 14.8. The minimum absolute atomic E-state index is 0.00928. The highest BCUT2D eigenvalue weighted by atomic mass is 32.2. The van der Waals surface area contributed by atoms with Crippen LogP contribution in [0.3, 0.4) is 0 Å². The first-order valence-electron chi connectivity index (χ1n) is 9.04. The molecule has 10 heteroatoms. The highest BCUT2D eigenvalue weighted by Crippen LogP contribution is 2.15. The molecule has 0 heterocycles. The smallest absolute Gasteiger partial charge is 0.280 e. The lowest BCUT2D eigenvalue weighted by atomic mass is 10.2. The molecule has 0 aliphatic heterocycles. The maximum Gasteiger partial charge on any atom is 0.284 e. The second kappa shape index (κ2) is 9.18. The fraction of sp³-hybridized carbons (Fsp3) is 0.0476. The van der Waals surface area contributed by atoms with Gasteiger partial charge in [-0.3, -0.25) is 25.8 Å². The number of hydrogen-bond donors (Lipinski definition) is 2. The summed E-state index contributed by atoms with van der Waals surface area (Å²) in [6.45, 7) is 1.84. The van der Waals surface area contributed by atoms with Gasteiger partial charge in [0.1, 0.15) is 0 Å². The number of nitro groups is 1. The van der Waals surface area contributed by atoms with Gasteiger partial charge >= 0.3 is 0 Å². The van der Waals surface area contributed by atoms with Crippen molar-refractivity contribution in [3.8, 4) is 0 Å². The monoisotopic (exact) mass is 438 g/mol. The zero-order valence-corrected chi connectivity index (χ0v) is 17.2. The van der Waals surface area contributed by atoms with E-state index in [0.717, 1.165) is 5.56 Å². The third-order valence-electron chi connectivity index (χ3n) is 4.21. The summed E-state index contributed by atoms with van der Waals surface area (Å²) in [5.41, 5.74) is 6.25. The predicted octanol–water partition coefficient (Wildman–Crippen LogP) is 2.97. The van der Waals surface area contributed by atoms with E-state index in [1.807, 2.05) is 6.92 Å². The van der Waals surface area contributed by atoms with E-state index in [1.54, 1.807) is 42.5 Å². The summed E-state index contributed by atoms with van der Waals surface area (Å²) in [7, 11) is -4.05. The number of aryl methyl sites for hydroxylation is 1. The minimum Gasteiger partial charge on any atom is -0.280 e. The van der Waals surface area contributed by atoms with E-state index in [0.29, 0.717) is 5.56 Å². The van der Waals surface area contributed by atoms with Crippen LogP contribution in [-0.2, 0) is 10.0 Å². The number of hydrazine groups is 1. The van der Waals surface area contributed by atoms with Gasteiger partial charge in [0.25, 0.3) is 21.6 Å². The van der Waals surface area contributed by atoms with Gasteiger partial charge in [-0.05, 0) is 31.2 Å². The van der Waals surface area contributed by atoms with Crippen molar-refractivity contribution >= 4 is 27.5 Å². The molecule has 9 nitrogen and oxygen atoms in total. The molecule has 0 unspecified atom stereocenters. The first-order valence-corrected chi connectivity index (χ1v) is 10.5. The zero-order valence-electron chi connectivity index (χ0n) is 16.3. The molecule has 158 valence electrons. The number of carbonyl (C=O) groups is 1. The minimum atomic E-state index is -4.05. The number of benzene rings is 3. The highest BCUT2D eigenvalue weighted by molar-refractivity contribution is 7.90. The fourth-order valence-corrected chi connectivity index (χ4v) is 3.53. The van der Waals surface area contributed by atoms with Crippen LogP contribution in [-0.4, -0.2) is 25.1 Å². The van der Waals surface area contributed by atoms with Gasteiger partial charge in [0.2, 0.25) is 0 Å². The Morgan fingerprint density at radius 2 is 1.48 bits per heavy atom. The zero-order chi connectivity index (χ0) is 22.4. The van der Waals surface area contributed by atoms with Crippen molar-refractivity contribution in [1.82, 2.24) is 10.9 Å². The number of carbonyl (C=O) groups excluding carboxylic acids is 1. The maximum absolute atomic E-state index is 12.7. The predicted molar refractivity (Wildman–Crippen MR) is 115 cm³/mol. The van der Waals surface area contributed by atoms with Crippen LogP contribution in [0.1, 0.15) is 21.5 Å². The summed E-state index contributed by atoms with van der Waals surface area (Å²) in [4.78, 5) is 22.6. The second-order valence-electron chi connectivity index (χ2n) is 6.48. The molecule has 0 fully saturated rings. The van der Waals surface area contributed by atoms with Gasteiger partial charge < -0.3 is 0 Å². The van der Waals surface area contributed by atoms with Crippen LogP contribution in [0.5, 0.6) is 0 Å². The van der Waals surface area contributed by atoms with Crippen molar-refractivity contribution in [2.24, 2.45) is 4.40 Å². The lowest BCUT2D eigenvalue weighted by molar-refractivity contribution is -0.384. The molecule has 0 bridgehead atoms. The summed E-state index contributed by atoms with van der Waals surface area (Å²) < 4.78 is 29.3. The van der Waals surface area contributed by atoms with Crippen molar-refractivity contribution in [2.75, 3.05) is 0 Å². The number of amidine groups is 1. The van der Waals surface area contributed by atoms with Gasteiger partial charge in [0.15, 0.2) is 5.84 Å². The number of rotatable bonds is 5. The summed E-state index contributed by atoms with van der Waals surface area (Å²) in [5, 5.41) is 10.7. The molecule has 2 N–H and O–H groups in total. The molecule has 0 saturated carbocycles. The molecular weight excluding hydrogens is 420 g/mol. The number of nitrogens with zero attached hydrogens (tertiary/aromatic N) is 2. The molecule has 0 atom stereocenters. The number of nitro benzene ring substituents is 1. The molecule has 0 saturated heterocycles. The van der Waals surface area contributed by atoms with Crippen molar-refractivity contribution < 1.29 is 18.1 Å². The van der Waals surface area contributed by atoms with E-state index in [1.165, 1.54) is 36.4 Å². The average molecular weight is 438 g/mol. The van der Waals surface area contributed by atoms with E-state index in [2.05, 4.69) is 15.2 Å². The third-order valence-corrected chi connectivity index (χ3v) is 5.50. The fourth-order valence-electron chi connectivity index (χ4n) is 2.55. The van der Waals surface area contributed by atoms with Crippen LogP contribution in [0.15, 0.2) is 88.2 Å². The molecule has 0 radical (unpaired) electrons. The van der Waals surface area contributed by atoms with E-state index in [-0.39, 0.29) is 22.0 Å². The highest BCUT2D eigenvalue weighted by Gasteiger charge is 2.17. The summed E-state index contributed by atoms with van der Waals surface area (Å²) in [6.07, 6.45) is 0. The van der Waals surface area contributed by atoms with Crippen molar-refractivity contribution in [3.63, 3.8) is 0 Å². The standard InChI is InChI=1S/C21H18N4O5S/c1-15-7-13-19(14-8-15)31(29,30)24-20(16-5-3-2-4-6-16)22-23-21(26)17-9-11-18(12-10-17)25(27)28/h2-14H,1H3,(H,22,24)(H,23,26). The van der Waals surface area contributed by atoms with E-state index >= 15 is 0 Å². The number of sulfonamides is 1. The number of nitrogens with one attached hydrogen (secondary N) is 2. The van der Waals surface area contributed by atoms with Gasteiger partial charge in [0, 0.05) is 23.3 Å². The van der Waals surface area contributed by atoms with Gasteiger partial charge in [-0.25, -0.2) is 0 Å². The van der Waals surface area contributed by atoms with Crippen LogP contribution in [0.2, 0.25) is 0 Å². The third kappa shape index (κ3) is 5.52. The van der Waals surface area contributed by atoms with Crippen molar-refractivity contribution in [2.45, 2.75) is 11.8 Å². The van der Waals surface area contributed by atoms with Gasteiger partial charge in [0.05, 0.1) is 9.82 Å². The van der Waals surface area contributed by atoms with Gasteiger partial charge in [-0.15, -0.1) is 4.40 Å². The lowest BCUT2D eigenvalue weighted by Gasteiger charge is -2.12. The molecular formula is C21H18N4O5S. The van der Waals surface area contributed by atoms with Crippen LogP contribution in [0, 0.1) is 17.0 Å². The Hall–Kier alpha value is -4.05. The Kier molecular flexibility index (Phi) is 6.41. The molecule has 0 aliphatic rings. The largest absolute Gasteiger partial charge is 0.284 e. The quantitative estimate of drug-likeness (QED) is 0.273. The molecule has 3 aromatic rings. The summed E-state index contributed by atoms with van der Waals surface area (Å²) >= 11 is 0. The van der Waals surface area contributed by atoms with Crippen LogP contribution >= 0.6 is 0 Å². The Labute approximate surface area is 178 Å². The Balaban J connectivity index is 1.86. The second-order valence-corrected chi connectivity index (χ2v) is 8.08. The molecule has 3 aromatic carbocycles. The molecule has 3 rings (SSSR count). The molecule has 1 amide bonds. The Bertz CT molecular complexity index is 1220. The number of hydrogen-bond acceptors (Lipinski definition) is 5. The average Bonchev–Trinajstić information content (AvgIpc) is 2.77. The number of non-ortho nitro benzene ring substituents is 1. The maximum atomic E-state index is 12.7.